The van der Waals surface area contributed by atoms with Crippen LogP contribution in [0, 0.1) is 6.92 Å². The number of nitrogens with zero attached hydrogens (tertiary/aromatic N) is 3. The molecule has 1 aromatic rings. The third kappa shape index (κ3) is 2.74. The molecule has 1 aromatic heterocycles. The molecule has 1 unspecified atom stereocenters. The molecule has 5 heteroatoms. The van der Waals surface area contributed by atoms with Gasteiger partial charge in [-0.2, -0.15) is 5.10 Å². The van der Waals surface area contributed by atoms with Crippen LogP contribution in [0.5, 0.6) is 0 Å². The Morgan fingerprint density at radius 2 is 1.95 bits per heavy atom. The number of rotatable bonds is 5. The highest BCUT2D eigenvalue weighted by atomic mass is 15.3. The molecule has 1 atom stereocenters. The number of nitrogens with one attached hydrogen (secondary N) is 1. The fraction of sp³-hybridized carbons (Fsp3) is 0.812. The third-order valence-electron chi connectivity index (χ3n) is 5.57. The molecule has 0 aromatic carbocycles. The van der Waals surface area contributed by atoms with Crippen LogP contribution in [0.3, 0.4) is 0 Å². The minimum atomic E-state index is 0.253. The molecule has 21 heavy (non-hydrogen) atoms. The van der Waals surface area contributed by atoms with E-state index in [0.717, 1.165) is 12.1 Å². The first-order chi connectivity index (χ1) is 10.2. The van der Waals surface area contributed by atoms with Gasteiger partial charge in [0.1, 0.15) is 0 Å². The smallest absolute Gasteiger partial charge is 0.0596 e. The van der Waals surface area contributed by atoms with E-state index < -0.39 is 0 Å². The largest absolute Gasteiger partial charge is 0.296 e. The molecule has 3 N–H and O–H groups in total. The molecule has 118 valence electrons. The van der Waals surface area contributed by atoms with E-state index in [-0.39, 0.29) is 5.54 Å². The van der Waals surface area contributed by atoms with Gasteiger partial charge >= 0.3 is 0 Å². The van der Waals surface area contributed by atoms with Gasteiger partial charge in [0.15, 0.2) is 0 Å². The van der Waals surface area contributed by atoms with Crippen LogP contribution in [0.1, 0.15) is 49.9 Å². The van der Waals surface area contributed by atoms with Crippen LogP contribution in [0.4, 0.5) is 0 Å². The average molecular weight is 291 g/mol. The van der Waals surface area contributed by atoms with Crippen molar-refractivity contribution in [3.63, 3.8) is 0 Å². The summed E-state index contributed by atoms with van der Waals surface area (Å²) < 4.78 is 2.01. The van der Waals surface area contributed by atoms with Crippen molar-refractivity contribution in [2.24, 2.45) is 12.9 Å². The van der Waals surface area contributed by atoms with Crippen LogP contribution < -0.4 is 11.3 Å². The Balaban J connectivity index is 1.83. The predicted octanol–water partition coefficient (Wildman–Crippen LogP) is 1.51. The molecule has 2 heterocycles. The summed E-state index contributed by atoms with van der Waals surface area (Å²) in [6, 6.07) is 2.50. The summed E-state index contributed by atoms with van der Waals surface area (Å²) in [7, 11) is 2.03. The van der Waals surface area contributed by atoms with Gasteiger partial charge in [0, 0.05) is 30.7 Å². The van der Waals surface area contributed by atoms with E-state index >= 15 is 0 Å². The van der Waals surface area contributed by atoms with Crippen LogP contribution in [-0.4, -0.2) is 39.4 Å². The summed E-state index contributed by atoms with van der Waals surface area (Å²) >= 11 is 0. The van der Waals surface area contributed by atoms with Crippen LogP contribution in [-0.2, 0) is 13.5 Å². The van der Waals surface area contributed by atoms with Gasteiger partial charge in [-0.1, -0.05) is 12.8 Å². The second-order valence-corrected chi connectivity index (χ2v) is 6.83. The molecular formula is C16H29N5. The van der Waals surface area contributed by atoms with Crippen LogP contribution >= 0.6 is 0 Å². The molecule has 1 aliphatic heterocycles. The number of likely N-dealkylation sites (tertiary alicyclic amines) is 1. The maximum atomic E-state index is 6.00. The van der Waals surface area contributed by atoms with E-state index in [9.17, 15) is 0 Å². The number of aryl methyl sites for hydroxylation is 2. The topological polar surface area (TPSA) is 59.1 Å². The number of nitrogens with two attached hydrogens (primary N) is 1. The second-order valence-electron chi connectivity index (χ2n) is 6.83. The molecule has 0 bridgehead atoms. The van der Waals surface area contributed by atoms with Crippen molar-refractivity contribution in [2.75, 3.05) is 13.1 Å². The van der Waals surface area contributed by atoms with Crippen molar-refractivity contribution in [3.05, 3.63) is 17.5 Å². The highest BCUT2D eigenvalue weighted by Gasteiger charge is 2.46. The Labute approximate surface area is 127 Å². The summed E-state index contributed by atoms with van der Waals surface area (Å²) in [5.74, 6) is 6.00. The van der Waals surface area contributed by atoms with Crippen molar-refractivity contribution in [1.29, 1.82) is 0 Å². The Kier molecular flexibility index (Phi) is 4.33. The standard InChI is InChI=1S/C16H29N5/c1-13-11-14(20(2)19-13)12-15(18-17)16(7-3-4-8-16)21-9-5-6-10-21/h11,15,18H,3-10,12,17H2,1-2H3. The summed E-state index contributed by atoms with van der Waals surface area (Å²) in [6.07, 6.45) is 8.85. The molecule has 5 nitrogen and oxygen atoms in total. The first-order valence-corrected chi connectivity index (χ1v) is 8.36. The monoisotopic (exact) mass is 291 g/mol. The molecule has 2 aliphatic rings. The maximum Gasteiger partial charge on any atom is 0.0596 e. The van der Waals surface area contributed by atoms with E-state index in [0.29, 0.717) is 6.04 Å². The second kappa shape index (κ2) is 6.07. The summed E-state index contributed by atoms with van der Waals surface area (Å²) in [6.45, 7) is 4.53. The Morgan fingerprint density at radius 3 is 2.48 bits per heavy atom. The number of aromatic nitrogens is 2. The van der Waals surface area contributed by atoms with Gasteiger partial charge in [-0.25, -0.2) is 0 Å². The number of hydrogen-bond acceptors (Lipinski definition) is 4. The van der Waals surface area contributed by atoms with E-state index in [1.807, 2.05) is 11.7 Å². The minimum Gasteiger partial charge on any atom is -0.296 e. The van der Waals surface area contributed by atoms with E-state index in [1.165, 1.54) is 57.3 Å². The number of hydrogen-bond donors (Lipinski definition) is 2. The Hall–Kier alpha value is -0.910. The van der Waals surface area contributed by atoms with Crippen LogP contribution in [0.15, 0.2) is 6.07 Å². The Bertz CT molecular complexity index is 469. The molecule has 1 saturated heterocycles. The number of hydrazine groups is 1. The van der Waals surface area contributed by atoms with Gasteiger partial charge in [-0.15, -0.1) is 0 Å². The van der Waals surface area contributed by atoms with Crippen LogP contribution in [0.25, 0.3) is 0 Å². The quantitative estimate of drug-likeness (QED) is 0.638. The lowest BCUT2D eigenvalue weighted by Gasteiger charge is -2.45. The van der Waals surface area contributed by atoms with Gasteiger partial charge < -0.3 is 0 Å². The molecule has 1 saturated carbocycles. The summed E-state index contributed by atoms with van der Waals surface area (Å²) in [5, 5.41) is 4.48. The van der Waals surface area contributed by atoms with Crippen molar-refractivity contribution in [2.45, 2.75) is 63.5 Å². The van der Waals surface area contributed by atoms with E-state index in [2.05, 4.69) is 28.4 Å². The maximum absolute atomic E-state index is 6.00. The first kappa shape index (κ1) is 15.0. The van der Waals surface area contributed by atoms with Crippen LogP contribution in [0.2, 0.25) is 0 Å². The van der Waals surface area contributed by atoms with Gasteiger partial charge in [-0.05, 0) is 51.8 Å². The molecule has 0 spiro atoms. The minimum absolute atomic E-state index is 0.253. The van der Waals surface area contributed by atoms with Gasteiger partial charge in [-0.3, -0.25) is 20.9 Å². The molecule has 2 fully saturated rings. The normalized spacial score (nSPS) is 23.8. The summed E-state index contributed by atoms with van der Waals surface area (Å²) in [5.41, 5.74) is 5.78. The fourth-order valence-electron chi connectivity index (χ4n) is 4.50. The fourth-order valence-corrected chi connectivity index (χ4v) is 4.50. The van der Waals surface area contributed by atoms with Gasteiger partial charge in [0.25, 0.3) is 0 Å². The SMILES string of the molecule is Cc1cc(CC(NN)C2(N3CCCC3)CCCC2)n(C)n1. The van der Waals surface area contributed by atoms with E-state index in [4.69, 9.17) is 5.84 Å². The van der Waals surface area contributed by atoms with Gasteiger partial charge in [0.05, 0.1) is 5.69 Å². The third-order valence-corrected chi connectivity index (χ3v) is 5.57. The zero-order valence-corrected chi connectivity index (χ0v) is 13.4. The Morgan fingerprint density at radius 1 is 1.29 bits per heavy atom. The lowest BCUT2D eigenvalue weighted by molar-refractivity contribution is 0.0759. The zero-order chi connectivity index (χ0) is 14.9. The first-order valence-electron chi connectivity index (χ1n) is 8.36. The lowest BCUT2D eigenvalue weighted by Crippen LogP contribution is -2.61. The summed E-state index contributed by atoms with van der Waals surface area (Å²) in [4.78, 5) is 2.72. The zero-order valence-electron chi connectivity index (χ0n) is 13.4. The average Bonchev–Trinajstić information content (AvgIpc) is 3.17. The van der Waals surface area contributed by atoms with Crippen molar-refractivity contribution < 1.29 is 0 Å². The molecule has 0 amide bonds. The highest BCUT2D eigenvalue weighted by molar-refractivity contribution is 5.14. The van der Waals surface area contributed by atoms with Crippen molar-refractivity contribution in [1.82, 2.24) is 20.1 Å². The van der Waals surface area contributed by atoms with Crippen molar-refractivity contribution in [3.8, 4) is 0 Å². The van der Waals surface area contributed by atoms with E-state index in [1.54, 1.807) is 0 Å². The predicted molar refractivity (Wildman–Crippen MR) is 84.8 cm³/mol. The highest BCUT2D eigenvalue weighted by Crippen LogP contribution is 2.40. The van der Waals surface area contributed by atoms with Gasteiger partial charge in [0.2, 0.25) is 0 Å². The lowest BCUT2D eigenvalue weighted by atomic mass is 9.84. The molecule has 0 radical (unpaired) electrons. The molecular weight excluding hydrogens is 262 g/mol. The molecule has 1 aliphatic carbocycles. The molecule has 3 rings (SSSR count). The van der Waals surface area contributed by atoms with Crippen molar-refractivity contribution >= 4 is 0 Å².